The number of nitrogen functional groups attached to an aromatic ring is 1. The van der Waals surface area contributed by atoms with Crippen LogP contribution in [0.4, 0.5) is 5.69 Å². The first kappa shape index (κ1) is 19.8. The van der Waals surface area contributed by atoms with E-state index in [0.29, 0.717) is 13.0 Å². The van der Waals surface area contributed by atoms with Crippen molar-refractivity contribution in [3.63, 3.8) is 0 Å². The highest BCUT2D eigenvalue weighted by molar-refractivity contribution is 5.41. The van der Waals surface area contributed by atoms with Crippen molar-refractivity contribution in [1.82, 2.24) is 14.0 Å². The zero-order valence-corrected chi connectivity index (χ0v) is 15.8. The van der Waals surface area contributed by atoms with E-state index in [4.69, 9.17) is 10.5 Å². The first-order chi connectivity index (χ1) is 12.4. The van der Waals surface area contributed by atoms with E-state index in [1.807, 2.05) is 24.3 Å². The van der Waals surface area contributed by atoms with E-state index in [1.54, 1.807) is 17.7 Å². The molecule has 0 radical (unpaired) electrons. The zero-order valence-electron chi connectivity index (χ0n) is 15.8. The Morgan fingerprint density at radius 1 is 1.08 bits per heavy atom. The van der Waals surface area contributed by atoms with Gasteiger partial charge in [-0.1, -0.05) is 6.92 Å². The summed E-state index contributed by atoms with van der Waals surface area (Å²) in [5, 5.41) is 0. The third-order valence-electron chi connectivity index (χ3n) is 4.54. The molecule has 0 bridgehead atoms. The SMILES string of the molecule is CCN(CCCc1cc(=O)n(C)c(=O)n1C)CCOc1ccc(N)cc1. The molecule has 142 valence electrons. The number of likely N-dealkylation sites (N-methyl/N-ethyl adjacent to an activating group) is 1. The molecule has 1 aromatic carbocycles. The molecule has 0 aliphatic heterocycles. The van der Waals surface area contributed by atoms with Crippen LogP contribution in [0, 0.1) is 0 Å². The topological polar surface area (TPSA) is 82.5 Å². The predicted octanol–water partition coefficient (Wildman–Crippen LogP) is 1.000. The van der Waals surface area contributed by atoms with Gasteiger partial charge in [0.1, 0.15) is 12.4 Å². The summed E-state index contributed by atoms with van der Waals surface area (Å²) < 4.78 is 8.40. The van der Waals surface area contributed by atoms with Gasteiger partial charge in [0.25, 0.3) is 5.56 Å². The number of nitrogens with zero attached hydrogens (tertiary/aromatic N) is 3. The highest BCUT2D eigenvalue weighted by Crippen LogP contribution is 2.12. The van der Waals surface area contributed by atoms with E-state index < -0.39 is 0 Å². The van der Waals surface area contributed by atoms with E-state index in [2.05, 4.69) is 11.8 Å². The minimum atomic E-state index is -0.281. The van der Waals surface area contributed by atoms with Crippen molar-refractivity contribution in [3.05, 3.63) is 56.9 Å². The molecule has 0 unspecified atom stereocenters. The van der Waals surface area contributed by atoms with Gasteiger partial charge >= 0.3 is 5.69 Å². The first-order valence-corrected chi connectivity index (χ1v) is 8.89. The highest BCUT2D eigenvalue weighted by Gasteiger charge is 2.08. The number of hydrogen-bond donors (Lipinski definition) is 1. The maximum Gasteiger partial charge on any atom is 0.330 e. The second-order valence-corrected chi connectivity index (χ2v) is 6.33. The molecule has 2 aromatic rings. The van der Waals surface area contributed by atoms with Crippen molar-refractivity contribution in [2.75, 3.05) is 32.0 Å². The second kappa shape index (κ2) is 9.24. The van der Waals surface area contributed by atoms with Gasteiger partial charge in [0.15, 0.2) is 0 Å². The van der Waals surface area contributed by atoms with Crippen LogP contribution in [0.2, 0.25) is 0 Å². The molecule has 1 aromatic heterocycles. The molecule has 26 heavy (non-hydrogen) atoms. The normalized spacial score (nSPS) is 11.1. The van der Waals surface area contributed by atoms with E-state index in [0.717, 1.165) is 47.8 Å². The van der Waals surface area contributed by atoms with Crippen molar-refractivity contribution in [2.24, 2.45) is 14.1 Å². The van der Waals surface area contributed by atoms with E-state index in [1.165, 1.54) is 7.05 Å². The summed E-state index contributed by atoms with van der Waals surface area (Å²) in [5.41, 5.74) is 6.61. The summed E-state index contributed by atoms with van der Waals surface area (Å²) in [5.74, 6) is 0.811. The lowest BCUT2D eigenvalue weighted by atomic mass is 10.2. The average molecular weight is 360 g/mol. The summed E-state index contributed by atoms with van der Waals surface area (Å²) in [6.45, 7) is 5.32. The van der Waals surface area contributed by atoms with Crippen LogP contribution in [0.5, 0.6) is 5.75 Å². The van der Waals surface area contributed by atoms with Crippen molar-refractivity contribution in [2.45, 2.75) is 19.8 Å². The molecule has 2 rings (SSSR count). The molecule has 7 heteroatoms. The lowest BCUT2D eigenvalue weighted by Gasteiger charge is -2.20. The van der Waals surface area contributed by atoms with Crippen molar-refractivity contribution >= 4 is 5.69 Å². The summed E-state index contributed by atoms with van der Waals surface area (Å²) in [6, 6.07) is 8.91. The van der Waals surface area contributed by atoms with Crippen molar-refractivity contribution < 1.29 is 4.74 Å². The number of anilines is 1. The van der Waals surface area contributed by atoms with Gasteiger partial charge in [-0.2, -0.15) is 0 Å². The van der Waals surface area contributed by atoms with Gasteiger partial charge in [0.05, 0.1) is 0 Å². The Balaban J connectivity index is 1.81. The van der Waals surface area contributed by atoms with Gasteiger partial charge in [0.2, 0.25) is 0 Å². The van der Waals surface area contributed by atoms with Crippen LogP contribution >= 0.6 is 0 Å². The Labute approximate surface area is 153 Å². The van der Waals surface area contributed by atoms with Crippen LogP contribution in [0.1, 0.15) is 19.0 Å². The molecule has 7 nitrogen and oxygen atoms in total. The van der Waals surface area contributed by atoms with Gasteiger partial charge in [-0.25, -0.2) is 4.79 Å². The Morgan fingerprint density at radius 3 is 2.42 bits per heavy atom. The average Bonchev–Trinajstić information content (AvgIpc) is 2.64. The Bertz CT molecular complexity index is 824. The second-order valence-electron chi connectivity index (χ2n) is 6.33. The number of rotatable bonds is 9. The fourth-order valence-electron chi connectivity index (χ4n) is 2.79. The van der Waals surface area contributed by atoms with Crippen LogP contribution in [0.3, 0.4) is 0 Å². The van der Waals surface area contributed by atoms with Crippen molar-refractivity contribution in [3.8, 4) is 5.75 Å². The molecule has 0 spiro atoms. The first-order valence-electron chi connectivity index (χ1n) is 8.89. The number of aromatic nitrogens is 2. The molecule has 2 N–H and O–H groups in total. The molecule has 0 saturated heterocycles. The molecule has 0 amide bonds. The Hall–Kier alpha value is -2.54. The minimum Gasteiger partial charge on any atom is -0.492 e. The third kappa shape index (κ3) is 5.23. The summed E-state index contributed by atoms with van der Waals surface area (Å²) >= 11 is 0. The van der Waals surface area contributed by atoms with Crippen LogP contribution in [0.25, 0.3) is 0 Å². The third-order valence-corrected chi connectivity index (χ3v) is 4.54. The molecular formula is C19H28N4O3. The van der Waals surface area contributed by atoms with Gasteiger partial charge in [0, 0.05) is 38.1 Å². The summed E-state index contributed by atoms with van der Waals surface area (Å²) in [6.07, 6.45) is 1.56. The minimum absolute atomic E-state index is 0.257. The number of aryl methyl sites for hydroxylation is 1. The summed E-state index contributed by atoms with van der Waals surface area (Å²) in [4.78, 5) is 26.0. The van der Waals surface area contributed by atoms with Crippen LogP contribution in [-0.4, -0.2) is 40.3 Å². The molecule has 0 saturated carbocycles. The van der Waals surface area contributed by atoms with E-state index >= 15 is 0 Å². The summed E-state index contributed by atoms with van der Waals surface area (Å²) in [7, 11) is 3.20. The van der Waals surface area contributed by atoms with Gasteiger partial charge in [-0.15, -0.1) is 0 Å². The highest BCUT2D eigenvalue weighted by atomic mass is 16.5. The van der Waals surface area contributed by atoms with E-state index in [9.17, 15) is 9.59 Å². The standard InChI is InChI=1S/C19H28N4O3/c1-4-23(12-13-26-17-9-7-15(20)8-10-17)11-5-6-16-14-18(24)22(3)19(25)21(16)2/h7-10,14H,4-6,11-13,20H2,1-3H3. The zero-order chi connectivity index (χ0) is 19.1. The number of hydrogen-bond acceptors (Lipinski definition) is 5. The van der Waals surface area contributed by atoms with Gasteiger partial charge < -0.3 is 19.9 Å². The molecule has 1 heterocycles. The molecule has 0 aliphatic rings. The lowest BCUT2D eigenvalue weighted by Crippen LogP contribution is -2.38. The van der Waals surface area contributed by atoms with Crippen LogP contribution in [0.15, 0.2) is 39.9 Å². The maximum absolute atomic E-state index is 12.0. The lowest BCUT2D eigenvalue weighted by molar-refractivity contribution is 0.214. The number of nitrogens with two attached hydrogens (primary N) is 1. The fraction of sp³-hybridized carbons (Fsp3) is 0.474. The van der Waals surface area contributed by atoms with Crippen molar-refractivity contribution in [1.29, 1.82) is 0 Å². The monoisotopic (exact) mass is 360 g/mol. The fourth-order valence-corrected chi connectivity index (χ4v) is 2.79. The van der Waals surface area contributed by atoms with Gasteiger partial charge in [-0.05, 0) is 50.2 Å². The predicted molar refractivity (Wildman–Crippen MR) is 104 cm³/mol. The number of benzene rings is 1. The molecule has 0 aliphatic carbocycles. The van der Waals surface area contributed by atoms with Crippen LogP contribution in [-0.2, 0) is 20.5 Å². The largest absolute Gasteiger partial charge is 0.492 e. The maximum atomic E-state index is 12.0. The molecule has 0 fully saturated rings. The molecule has 0 atom stereocenters. The van der Waals surface area contributed by atoms with Gasteiger partial charge in [-0.3, -0.25) is 9.36 Å². The molecular weight excluding hydrogens is 332 g/mol. The van der Waals surface area contributed by atoms with Crippen LogP contribution < -0.4 is 21.7 Å². The Morgan fingerprint density at radius 2 is 1.77 bits per heavy atom. The van der Waals surface area contributed by atoms with E-state index in [-0.39, 0.29) is 11.2 Å². The quantitative estimate of drug-likeness (QED) is 0.675. The smallest absolute Gasteiger partial charge is 0.330 e. The Kier molecular flexibility index (Phi) is 7.03. The number of ether oxygens (including phenoxy) is 1.